The number of likely N-dealkylation sites (N-methyl/N-ethyl adjacent to an activating group) is 1. The van der Waals surface area contributed by atoms with E-state index in [0.29, 0.717) is 0 Å². The molecule has 0 unspecified atom stereocenters. The second kappa shape index (κ2) is 4.06. The van der Waals surface area contributed by atoms with E-state index in [1.807, 2.05) is 0 Å². The number of fused-ring (bicyclic) bond motifs is 1. The van der Waals surface area contributed by atoms with Gasteiger partial charge >= 0.3 is 5.97 Å². The van der Waals surface area contributed by atoms with E-state index in [-0.39, 0.29) is 17.9 Å². The van der Waals surface area contributed by atoms with E-state index >= 15 is 0 Å². The number of benzene rings is 1. The Hall–Kier alpha value is -1.95. The minimum Gasteiger partial charge on any atom is -0.463 e. The van der Waals surface area contributed by atoms with E-state index in [2.05, 4.69) is 0 Å². The Labute approximate surface area is 103 Å². The van der Waals surface area contributed by atoms with Crippen LogP contribution in [0.1, 0.15) is 12.5 Å². The molecule has 0 saturated carbocycles. The average Bonchev–Trinajstić information content (AvgIpc) is 2.53. The lowest BCUT2D eigenvalue weighted by molar-refractivity contribution is -0.170. The zero-order chi connectivity index (χ0) is 13.5. The van der Waals surface area contributed by atoms with E-state index < -0.39 is 23.3 Å². The highest BCUT2D eigenvalue weighted by Crippen LogP contribution is 2.40. The van der Waals surface area contributed by atoms with Crippen LogP contribution in [0.25, 0.3) is 0 Å². The third-order valence-corrected chi connectivity index (χ3v) is 2.90. The van der Waals surface area contributed by atoms with Crippen molar-refractivity contribution < 1.29 is 23.8 Å². The van der Waals surface area contributed by atoms with E-state index in [4.69, 9.17) is 4.74 Å². The van der Waals surface area contributed by atoms with Crippen molar-refractivity contribution in [3.05, 3.63) is 29.6 Å². The SMILES string of the molecule is CCOC(=O)[C@]1(O)C(=O)N(C)c2cc(F)ccc21. The van der Waals surface area contributed by atoms with Crippen molar-refractivity contribution in [1.29, 1.82) is 0 Å². The predicted molar refractivity (Wildman–Crippen MR) is 60.3 cm³/mol. The van der Waals surface area contributed by atoms with Gasteiger partial charge in [-0.15, -0.1) is 0 Å². The molecule has 1 aliphatic rings. The van der Waals surface area contributed by atoms with Crippen LogP contribution in [0.4, 0.5) is 10.1 Å². The Kier molecular flexibility index (Phi) is 2.82. The van der Waals surface area contributed by atoms with Gasteiger partial charge in [0.1, 0.15) is 5.82 Å². The van der Waals surface area contributed by atoms with E-state index in [1.54, 1.807) is 6.92 Å². The topological polar surface area (TPSA) is 66.8 Å². The third-order valence-electron chi connectivity index (χ3n) is 2.90. The second-order valence-corrected chi connectivity index (χ2v) is 3.96. The maximum Gasteiger partial charge on any atom is 0.353 e. The normalized spacial score (nSPS) is 22.0. The van der Waals surface area contributed by atoms with Crippen LogP contribution in [0.5, 0.6) is 0 Å². The number of halogens is 1. The van der Waals surface area contributed by atoms with Gasteiger partial charge in [0.15, 0.2) is 0 Å². The molecule has 5 nitrogen and oxygen atoms in total. The number of esters is 1. The number of carbonyl (C=O) groups is 2. The molecule has 0 aliphatic carbocycles. The van der Waals surface area contributed by atoms with E-state index in [9.17, 15) is 19.1 Å². The summed E-state index contributed by atoms with van der Waals surface area (Å²) in [6, 6.07) is 3.38. The molecule has 0 bridgehead atoms. The largest absolute Gasteiger partial charge is 0.463 e. The molecule has 0 spiro atoms. The first-order valence-corrected chi connectivity index (χ1v) is 5.40. The summed E-state index contributed by atoms with van der Waals surface area (Å²) < 4.78 is 17.8. The van der Waals surface area contributed by atoms with Gasteiger partial charge in [0.05, 0.1) is 12.3 Å². The van der Waals surface area contributed by atoms with Gasteiger partial charge in [-0.1, -0.05) is 0 Å². The molecule has 1 amide bonds. The molecule has 1 atom stereocenters. The van der Waals surface area contributed by atoms with Crippen LogP contribution in [0.2, 0.25) is 0 Å². The van der Waals surface area contributed by atoms with Crippen molar-refractivity contribution >= 4 is 17.6 Å². The van der Waals surface area contributed by atoms with Gasteiger partial charge in [-0.05, 0) is 25.1 Å². The Morgan fingerprint density at radius 3 is 2.83 bits per heavy atom. The lowest BCUT2D eigenvalue weighted by atomic mass is 9.95. The lowest BCUT2D eigenvalue weighted by Gasteiger charge is -2.19. The van der Waals surface area contributed by atoms with Crippen LogP contribution in [-0.2, 0) is 19.9 Å². The zero-order valence-corrected chi connectivity index (χ0v) is 9.94. The highest BCUT2D eigenvalue weighted by Gasteiger charge is 2.55. The Balaban J connectivity index is 2.58. The van der Waals surface area contributed by atoms with Gasteiger partial charge < -0.3 is 14.7 Å². The highest BCUT2D eigenvalue weighted by molar-refractivity contribution is 6.18. The Bertz CT molecular complexity index is 531. The van der Waals surface area contributed by atoms with Gasteiger partial charge in [0.2, 0.25) is 0 Å². The molecule has 18 heavy (non-hydrogen) atoms. The summed E-state index contributed by atoms with van der Waals surface area (Å²) in [6.45, 7) is 1.60. The molecule has 1 heterocycles. The zero-order valence-electron chi connectivity index (χ0n) is 9.94. The van der Waals surface area contributed by atoms with Crippen LogP contribution in [0.3, 0.4) is 0 Å². The molecule has 1 aromatic rings. The van der Waals surface area contributed by atoms with Gasteiger partial charge in [0, 0.05) is 12.6 Å². The molecule has 6 heteroatoms. The first-order valence-electron chi connectivity index (χ1n) is 5.40. The number of nitrogens with zero attached hydrogens (tertiary/aromatic N) is 1. The summed E-state index contributed by atoms with van der Waals surface area (Å²) in [5.74, 6) is -2.45. The summed E-state index contributed by atoms with van der Waals surface area (Å²) >= 11 is 0. The third kappa shape index (κ3) is 1.49. The number of rotatable bonds is 2. The van der Waals surface area contributed by atoms with Crippen molar-refractivity contribution in [1.82, 2.24) is 0 Å². The van der Waals surface area contributed by atoms with Crippen LogP contribution in [0.15, 0.2) is 18.2 Å². The predicted octanol–water partition coefficient (Wildman–Crippen LogP) is 0.553. The molecule has 1 aromatic carbocycles. The molecule has 0 aromatic heterocycles. The first-order chi connectivity index (χ1) is 8.42. The summed E-state index contributed by atoms with van der Waals surface area (Å²) in [7, 11) is 1.36. The van der Waals surface area contributed by atoms with Crippen molar-refractivity contribution in [2.24, 2.45) is 0 Å². The summed E-state index contributed by atoms with van der Waals surface area (Å²) in [5, 5.41) is 10.3. The number of hydrogen-bond donors (Lipinski definition) is 1. The quantitative estimate of drug-likeness (QED) is 0.617. The molecular weight excluding hydrogens is 241 g/mol. The molecule has 0 fully saturated rings. The van der Waals surface area contributed by atoms with Crippen LogP contribution >= 0.6 is 0 Å². The molecule has 0 saturated heterocycles. The number of carbonyl (C=O) groups excluding carboxylic acids is 2. The Morgan fingerprint density at radius 2 is 2.22 bits per heavy atom. The summed E-state index contributed by atoms with van der Waals surface area (Å²) in [6.07, 6.45) is 0. The number of aliphatic hydroxyl groups is 1. The van der Waals surface area contributed by atoms with Crippen molar-refractivity contribution in [3.8, 4) is 0 Å². The monoisotopic (exact) mass is 253 g/mol. The van der Waals surface area contributed by atoms with Gasteiger partial charge in [-0.25, -0.2) is 9.18 Å². The molecule has 1 aliphatic heterocycles. The van der Waals surface area contributed by atoms with Crippen LogP contribution < -0.4 is 4.90 Å². The summed E-state index contributed by atoms with van der Waals surface area (Å²) in [5.41, 5.74) is -2.18. The molecule has 1 N–H and O–H groups in total. The number of amides is 1. The van der Waals surface area contributed by atoms with Gasteiger partial charge in [-0.3, -0.25) is 4.79 Å². The molecule has 0 radical (unpaired) electrons. The standard InChI is InChI=1S/C12H12FNO4/c1-3-18-11(16)12(17)8-5-4-7(13)6-9(8)14(2)10(12)15/h4-6,17H,3H2,1-2H3/t12-/m1/s1. The maximum atomic E-state index is 13.1. The highest BCUT2D eigenvalue weighted by atomic mass is 19.1. The fourth-order valence-corrected chi connectivity index (χ4v) is 1.99. The average molecular weight is 253 g/mol. The number of anilines is 1. The fourth-order valence-electron chi connectivity index (χ4n) is 1.99. The minimum absolute atomic E-state index is 0.0364. The van der Waals surface area contributed by atoms with E-state index in [0.717, 1.165) is 17.0 Å². The number of ether oxygens (including phenoxy) is 1. The molecule has 2 rings (SSSR count). The van der Waals surface area contributed by atoms with Crippen molar-refractivity contribution in [2.75, 3.05) is 18.6 Å². The number of hydrogen-bond acceptors (Lipinski definition) is 4. The Morgan fingerprint density at radius 1 is 1.56 bits per heavy atom. The van der Waals surface area contributed by atoms with Crippen LogP contribution in [-0.4, -0.2) is 30.6 Å². The van der Waals surface area contributed by atoms with Crippen molar-refractivity contribution in [2.45, 2.75) is 12.5 Å². The summed E-state index contributed by atoms with van der Waals surface area (Å²) in [4.78, 5) is 24.8. The molecular formula is C12H12FNO4. The molecule has 96 valence electrons. The van der Waals surface area contributed by atoms with Gasteiger partial charge in [-0.2, -0.15) is 0 Å². The smallest absolute Gasteiger partial charge is 0.353 e. The van der Waals surface area contributed by atoms with Crippen LogP contribution in [0, 0.1) is 5.82 Å². The lowest BCUT2D eigenvalue weighted by Crippen LogP contribution is -2.46. The fraction of sp³-hybridized carbons (Fsp3) is 0.333. The first kappa shape index (κ1) is 12.5. The van der Waals surface area contributed by atoms with Gasteiger partial charge in [0.25, 0.3) is 11.5 Å². The maximum absolute atomic E-state index is 13.1. The van der Waals surface area contributed by atoms with E-state index in [1.165, 1.54) is 13.1 Å². The minimum atomic E-state index is -2.38. The second-order valence-electron chi connectivity index (χ2n) is 3.96. The van der Waals surface area contributed by atoms with Crippen molar-refractivity contribution in [3.63, 3.8) is 0 Å².